The van der Waals surface area contributed by atoms with Gasteiger partial charge in [-0.3, -0.25) is 4.79 Å². The van der Waals surface area contributed by atoms with Gasteiger partial charge in [0.25, 0.3) is 5.91 Å². The van der Waals surface area contributed by atoms with Crippen LogP contribution in [0.5, 0.6) is 5.75 Å². The fourth-order valence-electron chi connectivity index (χ4n) is 1.42. The Bertz CT molecular complexity index is 464. The van der Waals surface area contributed by atoms with Crippen LogP contribution in [-0.4, -0.2) is 41.1 Å². The van der Waals surface area contributed by atoms with Crippen LogP contribution in [0.25, 0.3) is 0 Å². The molecule has 1 aromatic carbocycles. The van der Waals surface area contributed by atoms with Crippen molar-refractivity contribution in [3.05, 3.63) is 29.6 Å². The maximum absolute atomic E-state index is 13.0. The number of amides is 1. The van der Waals surface area contributed by atoms with E-state index < -0.39 is 35.8 Å². The van der Waals surface area contributed by atoms with Crippen molar-refractivity contribution in [3.8, 4) is 5.75 Å². The highest BCUT2D eigenvalue weighted by molar-refractivity contribution is 6.18. The van der Waals surface area contributed by atoms with E-state index in [0.29, 0.717) is 11.0 Å². The van der Waals surface area contributed by atoms with E-state index in [1.807, 2.05) is 0 Å². The van der Waals surface area contributed by atoms with E-state index >= 15 is 0 Å². The van der Waals surface area contributed by atoms with Crippen molar-refractivity contribution >= 4 is 17.5 Å². The molecule has 1 amide bonds. The summed E-state index contributed by atoms with van der Waals surface area (Å²) in [6.07, 6.45) is -4.61. The SMILES string of the molecule is O=C(c1cc(F)ccc1O)N(CCCl)CC(F)(F)F. The van der Waals surface area contributed by atoms with Crippen molar-refractivity contribution in [2.24, 2.45) is 0 Å². The van der Waals surface area contributed by atoms with E-state index in [1.54, 1.807) is 0 Å². The maximum Gasteiger partial charge on any atom is 0.406 e. The number of aromatic hydroxyl groups is 1. The van der Waals surface area contributed by atoms with Crippen LogP contribution in [0.15, 0.2) is 18.2 Å². The molecule has 1 aromatic rings. The highest BCUT2D eigenvalue weighted by Gasteiger charge is 2.33. The summed E-state index contributed by atoms with van der Waals surface area (Å²) in [6.45, 7) is -1.88. The largest absolute Gasteiger partial charge is 0.507 e. The molecule has 0 saturated heterocycles. The monoisotopic (exact) mass is 299 g/mol. The zero-order chi connectivity index (χ0) is 14.6. The molecular weight excluding hydrogens is 290 g/mol. The first-order valence-corrected chi connectivity index (χ1v) is 5.68. The molecule has 0 fully saturated rings. The molecule has 0 spiro atoms. The minimum absolute atomic E-state index is 0.210. The van der Waals surface area contributed by atoms with Crippen molar-refractivity contribution in [1.29, 1.82) is 0 Å². The lowest BCUT2D eigenvalue weighted by Gasteiger charge is -2.23. The highest BCUT2D eigenvalue weighted by atomic mass is 35.5. The number of halogens is 5. The van der Waals surface area contributed by atoms with Crippen LogP contribution in [0, 0.1) is 5.82 Å². The fraction of sp³-hybridized carbons (Fsp3) is 0.364. The Morgan fingerprint density at radius 1 is 1.37 bits per heavy atom. The standard InChI is InChI=1S/C11H10ClF4NO2/c12-3-4-17(6-11(14,15)16)10(19)8-5-7(13)1-2-9(8)18/h1-2,5,18H,3-4,6H2. The summed E-state index contributed by atoms with van der Waals surface area (Å²) >= 11 is 5.33. The number of alkyl halides is 4. The van der Waals surface area contributed by atoms with Crippen LogP contribution in [0.3, 0.4) is 0 Å². The molecule has 0 aliphatic carbocycles. The summed E-state index contributed by atoms with van der Waals surface area (Å²) < 4.78 is 49.9. The van der Waals surface area contributed by atoms with Crippen molar-refractivity contribution in [2.75, 3.05) is 19.0 Å². The molecule has 0 unspecified atom stereocenters. The number of benzene rings is 1. The number of phenols is 1. The zero-order valence-corrected chi connectivity index (χ0v) is 10.3. The van der Waals surface area contributed by atoms with Gasteiger partial charge in [0.2, 0.25) is 0 Å². The van der Waals surface area contributed by atoms with Gasteiger partial charge in [-0.15, -0.1) is 11.6 Å². The molecule has 0 bridgehead atoms. The van der Waals surface area contributed by atoms with Crippen LogP contribution in [0.4, 0.5) is 17.6 Å². The smallest absolute Gasteiger partial charge is 0.406 e. The highest BCUT2D eigenvalue weighted by Crippen LogP contribution is 2.23. The van der Waals surface area contributed by atoms with Gasteiger partial charge in [-0.2, -0.15) is 13.2 Å². The maximum atomic E-state index is 13.0. The topological polar surface area (TPSA) is 40.5 Å². The lowest BCUT2D eigenvalue weighted by atomic mass is 10.1. The van der Waals surface area contributed by atoms with Gasteiger partial charge in [-0.1, -0.05) is 0 Å². The normalized spacial score (nSPS) is 11.4. The van der Waals surface area contributed by atoms with Gasteiger partial charge >= 0.3 is 6.18 Å². The Morgan fingerprint density at radius 3 is 2.53 bits per heavy atom. The molecule has 0 atom stereocenters. The van der Waals surface area contributed by atoms with Crippen LogP contribution in [0.2, 0.25) is 0 Å². The molecule has 0 heterocycles. The Hall–Kier alpha value is -1.50. The summed E-state index contributed by atoms with van der Waals surface area (Å²) in [6, 6.07) is 2.46. The second-order valence-corrected chi connectivity index (χ2v) is 4.07. The Morgan fingerprint density at radius 2 is 2.00 bits per heavy atom. The zero-order valence-electron chi connectivity index (χ0n) is 9.55. The number of hydrogen-bond acceptors (Lipinski definition) is 2. The summed E-state index contributed by atoms with van der Waals surface area (Å²) in [4.78, 5) is 12.2. The summed E-state index contributed by atoms with van der Waals surface area (Å²) in [5.41, 5.74) is -0.533. The van der Waals surface area contributed by atoms with Crippen molar-refractivity contribution in [2.45, 2.75) is 6.18 Å². The average molecular weight is 300 g/mol. The molecular formula is C11H10ClF4NO2. The predicted molar refractivity (Wildman–Crippen MR) is 60.7 cm³/mol. The van der Waals surface area contributed by atoms with E-state index in [2.05, 4.69) is 0 Å². The molecule has 106 valence electrons. The van der Waals surface area contributed by atoms with Gasteiger partial charge in [0.15, 0.2) is 0 Å². The number of phenolic OH excluding ortho intramolecular Hbond substituents is 1. The van der Waals surface area contributed by atoms with Gasteiger partial charge in [-0.25, -0.2) is 4.39 Å². The van der Waals surface area contributed by atoms with Crippen molar-refractivity contribution in [3.63, 3.8) is 0 Å². The van der Waals surface area contributed by atoms with Gasteiger partial charge in [-0.05, 0) is 18.2 Å². The third-order valence-corrected chi connectivity index (χ3v) is 2.37. The third-order valence-electron chi connectivity index (χ3n) is 2.20. The second-order valence-electron chi connectivity index (χ2n) is 3.69. The quantitative estimate of drug-likeness (QED) is 0.686. The van der Waals surface area contributed by atoms with E-state index in [4.69, 9.17) is 11.6 Å². The molecule has 0 aliphatic rings. The molecule has 1 rings (SSSR count). The van der Waals surface area contributed by atoms with Crippen LogP contribution >= 0.6 is 11.6 Å². The summed E-state index contributed by atoms with van der Waals surface area (Å²) in [5.74, 6) is -2.76. The van der Waals surface area contributed by atoms with Crippen molar-refractivity contribution < 1.29 is 27.5 Å². The number of rotatable bonds is 4. The summed E-state index contributed by atoms with van der Waals surface area (Å²) in [7, 11) is 0. The van der Waals surface area contributed by atoms with Gasteiger partial charge in [0.1, 0.15) is 18.1 Å². The van der Waals surface area contributed by atoms with E-state index in [0.717, 1.165) is 12.1 Å². The Labute approximate surface area is 111 Å². The summed E-state index contributed by atoms with van der Waals surface area (Å²) in [5, 5.41) is 9.39. The van der Waals surface area contributed by atoms with Crippen LogP contribution in [-0.2, 0) is 0 Å². The molecule has 0 saturated carbocycles. The Kier molecular flexibility index (Phi) is 4.99. The first-order valence-electron chi connectivity index (χ1n) is 5.15. The lowest BCUT2D eigenvalue weighted by Crippen LogP contribution is -2.40. The van der Waals surface area contributed by atoms with Crippen LogP contribution in [0.1, 0.15) is 10.4 Å². The van der Waals surface area contributed by atoms with Gasteiger partial charge in [0, 0.05) is 12.4 Å². The number of hydrogen-bond donors (Lipinski definition) is 1. The average Bonchev–Trinajstić information content (AvgIpc) is 2.29. The predicted octanol–water partition coefficient (Wildman–Crippen LogP) is 2.77. The minimum atomic E-state index is -4.61. The molecule has 19 heavy (non-hydrogen) atoms. The molecule has 0 aliphatic heterocycles. The van der Waals surface area contributed by atoms with Gasteiger partial charge in [0.05, 0.1) is 5.56 Å². The minimum Gasteiger partial charge on any atom is -0.507 e. The second kappa shape index (κ2) is 6.10. The lowest BCUT2D eigenvalue weighted by molar-refractivity contribution is -0.140. The molecule has 1 N–H and O–H groups in total. The molecule has 0 radical (unpaired) electrons. The first-order chi connectivity index (χ1) is 8.74. The fourth-order valence-corrected chi connectivity index (χ4v) is 1.62. The third kappa shape index (κ3) is 4.59. The molecule has 3 nitrogen and oxygen atoms in total. The van der Waals surface area contributed by atoms with Crippen LogP contribution < -0.4 is 0 Å². The number of nitrogens with zero attached hydrogens (tertiary/aromatic N) is 1. The van der Waals surface area contributed by atoms with Gasteiger partial charge < -0.3 is 10.0 Å². The number of carbonyl (C=O) groups is 1. The Balaban J connectivity index is 3.02. The van der Waals surface area contributed by atoms with E-state index in [-0.39, 0.29) is 12.4 Å². The number of carbonyl (C=O) groups excluding carboxylic acids is 1. The van der Waals surface area contributed by atoms with E-state index in [9.17, 15) is 27.5 Å². The first kappa shape index (κ1) is 15.6. The molecule has 8 heteroatoms. The van der Waals surface area contributed by atoms with E-state index in [1.165, 1.54) is 0 Å². The van der Waals surface area contributed by atoms with Crippen molar-refractivity contribution in [1.82, 2.24) is 4.90 Å². The molecule has 0 aromatic heterocycles.